The summed E-state index contributed by atoms with van der Waals surface area (Å²) >= 11 is 0. The van der Waals surface area contributed by atoms with Gasteiger partial charge in [0.1, 0.15) is 0 Å². The average Bonchev–Trinajstić information content (AvgIpc) is 2.76. The smallest absolute Gasteiger partial charge is 0.230 e. The monoisotopic (exact) mass is 373 g/mol. The highest BCUT2D eigenvalue weighted by Crippen LogP contribution is 2.23. The molecule has 0 radical (unpaired) electrons. The minimum Gasteiger partial charge on any atom is -0.340 e. The molecule has 1 fully saturated rings. The van der Waals surface area contributed by atoms with E-state index in [0.717, 1.165) is 50.2 Å². The third-order valence-electron chi connectivity index (χ3n) is 5.70. The lowest BCUT2D eigenvalue weighted by Gasteiger charge is -2.36. The standard InChI is InChI=1S/C24H27N3O/c1-2-22(19-8-4-3-5-9-19)24(28)27-16-14-26(15-17-27)18-21-11-6-10-20-12-7-13-25-23(20)21/h3-13,22H,2,14-18H2,1H3. The van der Waals surface area contributed by atoms with Gasteiger partial charge in [-0.15, -0.1) is 0 Å². The summed E-state index contributed by atoms with van der Waals surface area (Å²) in [5.41, 5.74) is 3.46. The zero-order valence-corrected chi connectivity index (χ0v) is 16.4. The number of fused-ring (bicyclic) bond motifs is 1. The summed E-state index contributed by atoms with van der Waals surface area (Å²) in [5, 5.41) is 1.18. The van der Waals surface area contributed by atoms with Gasteiger partial charge in [-0.1, -0.05) is 61.5 Å². The summed E-state index contributed by atoms with van der Waals surface area (Å²) < 4.78 is 0. The first kappa shape index (κ1) is 18.6. The first-order chi connectivity index (χ1) is 13.8. The molecule has 0 N–H and O–H groups in total. The molecule has 144 valence electrons. The van der Waals surface area contributed by atoms with Crippen LogP contribution >= 0.6 is 0 Å². The van der Waals surface area contributed by atoms with Crippen LogP contribution < -0.4 is 0 Å². The topological polar surface area (TPSA) is 36.4 Å². The summed E-state index contributed by atoms with van der Waals surface area (Å²) in [7, 11) is 0. The van der Waals surface area contributed by atoms with Crippen molar-refractivity contribution in [3.05, 3.63) is 78.0 Å². The number of hydrogen-bond donors (Lipinski definition) is 0. The molecule has 3 aromatic rings. The van der Waals surface area contributed by atoms with E-state index >= 15 is 0 Å². The fraction of sp³-hybridized carbons (Fsp3) is 0.333. The molecule has 0 spiro atoms. The second kappa shape index (κ2) is 8.53. The Morgan fingerprint density at radius 1 is 0.964 bits per heavy atom. The van der Waals surface area contributed by atoms with Crippen molar-refractivity contribution in [2.24, 2.45) is 0 Å². The van der Waals surface area contributed by atoms with Crippen molar-refractivity contribution in [1.82, 2.24) is 14.8 Å². The van der Waals surface area contributed by atoms with E-state index in [0.29, 0.717) is 0 Å². The Kier molecular flexibility index (Phi) is 5.68. The molecule has 0 saturated carbocycles. The van der Waals surface area contributed by atoms with Crippen molar-refractivity contribution in [1.29, 1.82) is 0 Å². The highest BCUT2D eigenvalue weighted by molar-refractivity contribution is 5.84. The van der Waals surface area contributed by atoms with Crippen molar-refractivity contribution in [2.45, 2.75) is 25.8 Å². The molecule has 0 aliphatic carbocycles. The number of hydrogen-bond acceptors (Lipinski definition) is 3. The van der Waals surface area contributed by atoms with Gasteiger partial charge >= 0.3 is 0 Å². The number of carbonyl (C=O) groups is 1. The average molecular weight is 374 g/mol. The zero-order valence-electron chi connectivity index (χ0n) is 16.4. The summed E-state index contributed by atoms with van der Waals surface area (Å²) in [6.45, 7) is 6.37. The Morgan fingerprint density at radius 2 is 1.71 bits per heavy atom. The van der Waals surface area contributed by atoms with Gasteiger partial charge in [0.05, 0.1) is 11.4 Å². The number of nitrogens with zero attached hydrogens (tertiary/aromatic N) is 3. The lowest BCUT2D eigenvalue weighted by molar-refractivity contribution is -0.134. The minimum absolute atomic E-state index is 0.0324. The molecule has 1 aliphatic rings. The molecule has 1 aliphatic heterocycles. The van der Waals surface area contributed by atoms with Crippen molar-refractivity contribution < 1.29 is 4.79 Å². The van der Waals surface area contributed by atoms with Crippen molar-refractivity contribution >= 4 is 16.8 Å². The number of para-hydroxylation sites is 1. The van der Waals surface area contributed by atoms with Gasteiger partial charge in [-0.05, 0) is 23.6 Å². The second-order valence-electron chi connectivity index (χ2n) is 7.47. The minimum atomic E-state index is -0.0324. The molecule has 1 atom stereocenters. The second-order valence-corrected chi connectivity index (χ2v) is 7.47. The van der Waals surface area contributed by atoms with Crippen LogP contribution in [0.25, 0.3) is 10.9 Å². The van der Waals surface area contributed by atoms with Crippen LogP contribution in [0.1, 0.15) is 30.4 Å². The van der Waals surface area contributed by atoms with Crippen LogP contribution in [-0.4, -0.2) is 46.9 Å². The SMILES string of the molecule is CCC(C(=O)N1CCN(Cc2cccc3cccnc23)CC1)c1ccccc1. The Labute approximate surface area is 166 Å². The van der Waals surface area contributed by atoms with Crippen LogP contribution in [0.2, 0.25) is 0 Å². The summed E-state index contributed by atoms with van der Waals surface area (Å²) in [6, 6.07) is 20.6. The molecule has 2 heterocycles. The lowest BCUT2D eigenvalue weighted by Crippen LogP contribution is -2.49. The first-order valence-corrected chi connectivity index (χ1v) is 10.1. The van der Waals surface area contributed by atoms with Crippen LogP contribution in [0.15, 0.2) is 66.9 Å². The Morgan fingerprint density at radius 3 is 2.46 bits per heavy atom. The number of rotatable bonds is 5. The number of pyridine rings is 1. The van der Waals surface area contributed by atoms with Gasteiger partial charge in [0, 0.05) is 44.3 Å². The Bertz CT molecular complexity index is 927. The van der Waals surface area contributed by atoms with Crippen LogP contribution in [0.5, 0.6) is 0 Å². The van der Waals surface area contributed by atoms with Crippen LogP contribution in [0.3, 0.4) is 0 Å². The van der Waals surface area contributed by atoms with Gasteiger partial charge < -0.3 is 4.90 Å². The highest BCUT2D eigenvalue weighted by Gasteiger charge is 2.27. The third kappa shape index (κ3) is 3.92. The van der Waals surface area contributed by atoms with Crippen LogP contribution in [0.4, 0.5) is 0 Å². The largest absolute Gasteiger partial charge is 0.340 e. The maximum Gasteiger partial charge on any atom is 0.230 e. The molecule has 1 unspecified atom stereocenters. The van der Waals surface area contributed by atoms with Crippen molar-refractivity contribution in [3.8, 4) is 0 Å². The molecule has 1 aromatic heterocycles. The van der Waals surface area contributed by atoms with E-state index in [4.69, 9.17) is 0 Å². The van der Waals surface area contributed by atoms with Gasteiger partial charge in [0.2, 0.25) is 5.91 Å². The molecule has 4 rings (SSSR count). The number of benzene rings is 2. The highest BCUT2D eigenvalue weighted by atomic mass is 16.2. The van der Waals surface area contributed by atoms with E-state index in [1.807, 2.05) is 35.4 Å². The van der Waals surface area contributed by atoms with Crippen molar-refractivity contribution in [2.75, 3.05) is 26.2 Å². The number of carbonyl (C=O) groups excluding carboxylic acids is 1. The van der Waals surface area contributed by atoms with E-state index in [1.54, 1.807) is 0 Å². The lowest BCUT2D eigenvalue weighted by atomic mass is 9.95. The van der Waals surface area contributed by atoms with E-state index < -0.39 is 0 Å². The molecular weight excluding hydrogens is 346 g/mol. The van der Waals surface area contributed by atoms with Gasteiger partial charge in [0.15, 0.2) is 0 Å². The van der Waals surface area contributed by atoms with Gasteiger partial charge in [-0.3, -0.25) is 14.7 Å². The summed E-state index contributed by atoms with van der Waals surface area (Å²) in [5.74, 6) is 0.232. The predicted molar refractivity (Wildman–Crippen MR) is 113 cm³/mol. The maximum absolute atomic E-state index is 13.1. The Hall–Kier alpha value is -2.72. The molecular formula is C24H27N3O. The number of aromatic nitrogens is 1. The molecule has 1 saturated heterocycles. The molecule has 28 heavy (non-hydrogen) atoms. The fourth-order valence-electron chi connectivity index (χ4n) is 4.12. The van der Waals surface area contributed by atoms with E-state index in [1.165, 1.54) is 10.9 Å². The maximum atomic E-state index is 13.1. The summed E-state index contributed by atoms with van der Waals surface area (Å²) in [4.78, 5) is 22.1. The Balaban J connectivity index is 1.40. The molecule has 0 bridgehead atoms. The van der Waals surface area contributed by atoms with Gasteiger partial charge in [-0.25, -0.2) is 0 Å². The van der Waals surface area contributed by atoms with Gasteiger partial charge in [-0.2, -0.15) is 0 Å². The van der Waals surface area contributed by atoms with Crippen LogP contribution in [0, 0.1) is 0 Å². The van der Waals surface area contributed by atoms with Crippen molar-refractivity contribution in [3.63, 3.8) is 0 Å². The third-order valence-corrected chi connectivity index (χ3v) is 5.70. The quantitative estimate of drug-likeness (QED) is 0.676. The number of piperazine rings is 1. The predicted octanol–water partition coefficient (Wildman–Crippen LogP) is 4.07. The summed E-state index contributed by atoms with van der Waals surface area (Å²) in [6.07, 6.45) is 2.70. The fourth-order valence-corrected chi connectivity index (χ4v) is 4.12. The van der Waals surface area contributed by atoms with Gasteiger partial charge in [0.25, 0.3) is 0 Å². The molecule has 2 aromatic carbocycles. The number of amides is 1. The van der Waals surface area contributed by atoms with E-state index in [2.05, 4.69) is 53.2 Å². The zero-order chi connectivity index (χ0) is 19.3. The van der Waals surface area contributed by atoms with E-state index in [-0.39, 0.29) is 11.8 Å². The molecule has 4 heteroatoms. The molecule has 1 amide bonds. The van der Waals surface area contributed by atoms with E-state index in [9.17, 15) is 4.79 Å². The molecule has 4 nitrogen and oxygen atoms in total. The first-order valence-electron chi connectivity index (χ1n) is 10.1. The van der Waals surface area contributed by atoms with Crippen LogP contribution in [-0.2, 0) is 11.3 Å². The normalized spacial score (nSPS) is 16.2.